The Bertz CT molecular complexity index is 762. The van der Waals surface area contributed by atoms with Crippen molar-refractivity contribution in [2.45, 2.75) is 59.9 Å². The smallest absolute Gasteiger partial charge is 0.225 e. The van der Waals surface area contributed by atoms with E-state index >= 15 is 0 Å². The van der Waals surface area contributed by atoms with Gasteiger partial charge in [0.2, 0.25) is 5.91 Å². The van der Waals surface area contributed by atoms with E-state index < -0.39 is 0 Å². The molecule has 3 heterocycles. The number of carbonyl (C=O) groups is 1. The number of likely N-dealkylation sites (tertiary alicyclic amines) is 1. The second-order valence-electron chi connectivity index (χ2n) is 7.15. The molecular weight excluding hydrogens is 316 g/mol. The van der Waals surface area contributed by atoms with E-state index in [9.17, 15) is 4.79 Å². The summed E-state index contributed by atoms with van der Waals surface area (Å²) in [5.74, 6) is 1.53. The zero-order valence-electron chi connectivity index (χ0n) is 15.7. The van der Waals surface area contributed by atoms with E-state index in [2.05, 4.69) is 10.1 Å². The minimum Gasteiger partial charge on any atom is -0.361 e. The molecule has 0 spiro atoms. The maximum Gasteiger partial charge on any atom is 0.225 e. The van der Waals surface area contributed by atoms with E-state index in [-0.39, 0.29) is 17.9 Å². The summed E-state index contributed by atoms with van der Waals surface area (Å²) in [7, 11) is 0. The number of aromatic nitrogens is 3. The van der Waals surface area contributed by atoms with Crippen LogP contribution in [-0.4, -0.2) is 32.5 Å². The molecule has 1 fully saturated rings. The van der Waals surface area contributed by atoms with E-state index in [1.165, 1.54) is 0 Å². The van der Waals surface area contributed by atoms with Gasteiger partial charge >= 0.3 is 0 Å². The molecule has 2 aromatic rings. The number of carbonyl (C=O) groups excluding carboxylic acids is 1. The van der Waals surface area contributed by atoms with E-state index in [0.717, 1.165) is 48.5 Å². The molecule has 1 atom stereocenters. The molecule has 0 aliphatic carbocycles. The van der Waals surface area contributed by atoms with Crippen molar-refractivity contribution in [3.63, 3.8) is 0 Å². The van der Waals surface area contributed by atoms with Crippen LogP contribution >= 0.6 is 0 Å². The van der Waals surface area contributed by atoms with Crippen molar-refractivity contribution in [3.8, 4) is 11.4 Å². The quantitative estimate of drug-likeness (QED) is 0.849. The monoisotopic (exact) mass is 342 g/mol. The molecule has 1 unspecified atom stereocenters. The van der Waals surface area contributed by atoms with Crippen molar-refractivity contribution < 1.29 is 9.32 Å². The van der Waals surface area contributed by atoms with E-state index in [1.807, 2.05) is 45.6 Å². The average Bonchev–Trinajstić information content (AvgIpc) is 2.92. The van der Waals surface area contributed by atoms with Crippen LogP contribution in [0.3, 0.4) is 0 Å². The Morgan fingerprint density at radius 3 is 2.64 bits per heavy atom. The van der Waals surface area contributed by atoms with Crippen LogP contribution in [0.1, 0.15) is 62.0 Å². The van der Waals surface area contributed by atoms with Gasteiger partial charge in [0.05, 0.1) is 23.0 Å². The minimum absolute atomic E-state index is 0.00873. The number of aryl methyl sites for hydroxylation is 3. The van der Waals surface area contributed by atoms with Gasteiger partial charge < -0.3 is 9.42 Å². The molecule has 1 amide bonds. The SMILES string of the molecule is Cc1cc(C2CCCCN2C(=O)C(C)C)nc(-c2c(C)noc2C)n1. The number of piperidine rings is 1. The number of hydrogen-bond acceptors (Lipinski definition) is 5. The highest BCUT2D eigenvalue weighted by atomic mass is 16.5. The first-order chi connectivity index (χ1) is 11.9. The third-order valence-corrected chi connectivity index (χ3v) is 4.75. The number of nitrogens with zero attached hydrogens (tertiary/aromatic N) is 4. The highest BCUT2D eigenvalue weighted by molar-refractivity contribution is 5.78. The van der Waals surface area contributed by atoms with Gasteiger partial charge in [-0.25, -0.2) is 9.97 Å². The molecule has 1 saturated heterocycles. The molecular formula is C19H26N4O2. The van der Waals surface area contributed by atoms with Gasteiger partial charge in [-0.1, -0.05) is 19.0 Å². The summed E-state index contributed by atoms with van der Waals surface area (Å²) in [5, 5.41) is 4.01. The van der Waals surface area contributed by atoms with Crippen molar-refractivity contribution in [1.82, 2.24) is 20.0 Å². The van der Waals surface area contributed by atoms with Crippen LogP contribution in [0.2, 0.25) is 0 Å². The Labute approximate surface area is 148 Å². The molecule has 0 bridgehead atoms. The van der Waals surface area contributed by atoms with Crippen LogP contribution < -0.4 is 0 Å². The highest BCUT2D eigenvalue weighted by Gasteiger charge is 2.31. The second kappa shape index (κ2) is 6.94. The van der Waals surface area contributed by atoms with Crippen molar-refractivity contribution in [2.75, 3.05) is 6.54 Å². The van der Waals surface area contributed by atoms with Crippen molar-refractivity contribution in [2.24, 2.45) is 5.92 Å². The summed E-state index contributed by atoms with van der Waals surface area (Å²) in [6.07, 6.45) is 3.10. The molecule has 0 aromatic carbocycles. The molecule has 2 aromatic heterocycles. The molecule has 0 radical (unpaired) electrons. The lowest BCUT2D eigenvalue weighted by Gasteiger charge is -2.36. The molecule has 6 heteroatoms. The summed E-state index contributed by atoms with van der Waals surface area (Å²) < 4.78 is 5.27. The number of hydrogen-bond donors (Lipinski definition) is 0. The minimum atomic E-state index is -0.00873. The van der Waals surface area contributed by atoms with Crippen molar-refractivity contribution >= 4 is 5.91 Å². The van der Waals surface area contributed by atoms with Crippen LogP contribution in [0.25, 0.3) is 11.4 Å². The van der Waals surface area contributed by atoms with Crippen LogP contribution in [0.4, 0.5) is 0 Å². The van der Waals surface area contributed by atoms with E-state index in [1.54, 1.807) is 0 Å². The van der Waals surface area contributed by atoms with Gasteiger partial charge in [0.15, 0.2) is 5.82 Å². The number of amides is 1. The first-order valence-corrected chi connectivity index (χ1v) is 8.97. The van der Waals surface area contributed by atoms with Crippen LogP contribution in [-0.2, 0) is 4.79 Å². The van der Waals surface area contributed by atoms with Crippen molar-refractivity contribution in [3.05, 3.63) is 28.9 Å². The van der Waals surface area contributed by atoms with Gasteiger partial charge in [-0.2, -0.15) is 0 Å². The third kappa shape index (κ3) is 3.43. The fourth-order valence-electron chi connectivity index (χ4n) is 3.51. The molecule has 1 aliphatic rings. The van der Waals surface area contributed by atoms with E-state index in [0.29, 0.717) is 11.6 Å². The van der Waals surface area contributed by atoms with Crippen LogP contribution in [0.5, 0.6) is 0 Å². The van der Waals surface area contributed by atoms with Crippen LogP contribution in [0, 0.1) is 26.7 Å². The van der Waals surface area contributed by atoms with Crippen molar-refractivity contribution in [1.29, 1.82) is 0 Å². The fraction of sp³-hybridized carbons (Fsp3) is 0.579. The first-order valence-electron chi connectivity index (χ1n) is 8.97. The normalized spacial score (nSPS) is 18.0. The summed E-state index contributed by atoms with van der Waals surface area (Å²) in [6, 6.07) is 2.02. The van der Waals surface area contributed by atoms with E-state index in [4.69, 9.17) is 9.51 Å². The molecule has 0 saturated carbocycles. The highest BCUT2D eigenvalue weighted by Crippen LogP contribution is 2.33. The maximum atomic E-state index is 12.6. The fourth-order valence-corrected chi connectivity index (χ4v) is 3.51. The molecule has 134 valence electrons. The Morgan fingerprint density at radius 2 is 2.00 bits per heavy atom. The molecule has 3 rings (SSSR count). The lowest BCUT2D eigenvalue weighted by molar-refractivity contribution is -0.138. The Kier molecular flexibility index (Phi) is 4.88. The molecule has 6 nitrogen and oxygen atoms in total. The zero-order chi connectivity index (χ0) is 18.1. The summed E-state index contributed by atoms with van der Waals surface area (Å²) in [6.45, 7) is 10.4. The average molecular weight is 342 g/mol. The zero-order valence-corrected chi connectivity index (χ0v) is 15.7. The van der Waals surface area contributed by atoms with Gasteiger partial charge in [0, 0.05) is 18.2 Å². The maximum absolute atomic E-state index is 12.6. The van der Waals surface area contributed by atoms with Gasteiger partial charge in [-0.05, 0) is 46.1 Å². The molecule has 0 N–H and O–H groups in total. The Hall–Kier alpha value is -2.24. The number of rotatable bonds is 3. The molecule has 1 aliphatic heterocycles. The lowest BCUT2D eigenvalue weighted by Crippen LogP contribution is -2.41. The lowest BCUT2D eigenvalue weighted by atomic mass is 9.96. The Morgan fingerprint density at radius 1 is 1.24 bits per heavy atom. The van der Waals surface area contributed by atoms with Gasteiger partial charge in [0.25, 0.3) is 0 Å². The summed E-state index contributed by atoms with van der Waals surface area (Å²) >= 11 is 0. The molecule has 25 heavy (non-hydrogen) atoms. The Balaban J connectivity index is 2.03. The van der Waals surface area contributed by atoms with Gasteiger partial charge in [-0.15, -0.1) is 0 Å². The van der Waals surface area contributed by atoms with Crippen LogP contribution in [0.15, 0.2) is 10.6 Å². The summed E-state index contributed by atoms with van der Waals surface area (Å²) in [5.41, 5.74) is 3.44. The largest absolute Gasteiger partial charge is 0.361 e. The second-order valence-corrected chi connectivity index (χ2v) is 7.15. The predicted molar refractivity (Wildman–Crippen MR) is 94.9 cm³/mol. The first kappa shape index (κ1) is 17.6. The predicted octanol–water partition coefficient (Wildman–Crippen LogP) is 3.77. The van der Waals surface area contributed by atoms with Gasteiger partial charge in [-0.3, -0.25) is 4.79 Å². The van der Waals surface area contributed by atoms with Gasteiger partial charge in [0.1, 0.15) is 5.76 Å². The summed E-state index contributed by atoms with van der Waals surface area (Å²) in [4.78, 5) is 24.0. The topological polar surface area (TPSA) is 72.1 Å². The third-order valence-electron chi connectivity index (χ3n) is 4.75. The standard InChI is InChI=1S/C19H26N4O2/c1-11(2)19(24)23-9-7-6-8-16(23)15-10-12(3)20-18(21-15)17-13(4)22-25-14(17)5/h10-11,16H,6-9H2,1-5H3.